The number of carbonyl (C=O) groups excluding carboxylic acids is 4. The number of primary amides is 1. The van der Waals surface area contributed by atoms with Gasteiger partial charge in [-0.15, -0.1) is 0 Å². The maximum absolute atomic E-state index is 12.6. The van der Waals surface area contributed by atoms with E-state index < -0.39 is 66.7 Å². The number of carboxylic acid groups (broad SMARTS) is 2. The van der Waals surface area contributed by atoms with Crippen molar-refractivity contribution in [2.45, 2.75) is 50.2 Å². The van der Waals surface area contributed by atoms with E-state index in [9.17, 15) is 33.9 Å². The highest BCUT2D eigenvalue weighted by Gasteiger charge is 2.29. The summed E-state index contributed by atoms with van der Waals surface area (Å²) in [7, 11) is 0. The molecule has 0 saturated carbocycles. The molecule has 0 fully saturated rings. The lowest BCUT2D eigenvalue weighted by Crippen LogP contribution is -2.56. The SMILES string of the molecule is CSCCC(NC(=O)C(CCC(=O)O)NC(=O)CN)C(=O)NC(CCC(N)=O)C(=O)O. The molecule has 0 saturated heterocycles. The minimum absolute atomic E-state index is 0.136. The van der Waals surface area contributed by atoms with Crippen LogP contribution in [0.25, 0.3) is 0 Å². The van der Waals surface area contributed by atoms with Crippen molar-refractivity contribution in [1.82, 2.24) is 16.0 Å². The van der Waals surface area contributed by atoms with E-state index in [0.717, 1.165) is 0 Å². The number of rotatable bonds is 16. The fourth-order valence-corrected chi connectivity index (χ4v) is 2.85. The molecule has 3 unspecified atom stereocenters. The molecule has 31 heavy (non-hydrogen) atoms. The normalized spacial score (nSPS) is 13.4. The van der Waals surface area contributed by atoms with Gasteiger partial charge in [0.2, 0.25) is 23.6 Å². The van der Waals surface area contributed by atoms with E-state index in [0.29, 0.717) is 5.75 Å². The third-order valence-electron chi connectivity index (χ3n) is 4.02. The van der Waals surface area contributed by atoms with Gasteiger partial charge in [0.25, 0.3) is 0 Å². The molecule has 0 aromatic rings. The first-order valence-corrected chi connectivity index (χ1v) is 10.7. The van der Waals surface area contributed by atoms with Crippen molar-refractivity contribution in [2.75, 3.05) is 18.6 Å². The molecule has 9 N–H and O–H groups in total. The predicted molar refractivity (Wildman–Crippen MR) is 111 cm³/mol. The number of nitrogens with one attached hydrogen (secondary N) is 3. The number of carbonyl (C=O) groups is 6. The van der Waals surface area contributed by atoms with Crippen molar-refractivity contribution in [1.29, 1.82) is 0 Å². The molecular weight excluding hydrogens is 434 g/mol. The summed E-state index contributed by atoms with van der Waals surface area (Å²) >= 11 is 1.38. The Hall–Kier alpha value is -2.87. The molecule has 176 valence electrons. The highest BCUT2D eigenvalue weighted by molar-refractivity contribution is 7.98. The van der Waals surface area contributed by atoms with Crippen molar-refractivity contribution in [3.05, 3.63) is 0 Å². The van der Waals surface area contributed by atoms with Crippen LogP contribution < -0.4 is 27.4 Å². The third-order valence-corrected chi connectivity index (χ3v) is 4.67. The number of amides is 4. The molecule has 0 aliphatic rings. The van der Waals surface area contributed by atoms with E-state index in [1.54, 1.807) is 6.26 Å². The average molecular weight is 464 g/mol. The topological polar surface area (TPSA) is 231 Å². The summed E-state index contributed by atoms with van der Waals surface area (Å²) in [4.78, 5) is 69.8. The van der Waals surface area contributed by atoms with Crippen LogP contribution in [-0.2, 0) is 28.8 Å². The van der Waals surface area contributed by atoms with Crippen LogP contribution in [0.2, 0.25) is 0 Å². The Balaban J connectivity index is 5.34. The second-order valence-corrected chi connectivity index (χ2v) is 7.49. The summed E-state index contributed by atoms with van der Waals surface area (Å²) in [5, 5.41) is 25.0. The maximum Gasteiger partial charge on any atom is 0.326 e. The molecule has 3 atom stereocenters. The minimum Gasteiger partial charge on any atom is -0.481 e. The standard InChI is InChI=1S/C17H29N5O8S/c1-31-7-6-10(16(28)22-11(17(29)30)2-4-12(19)23)21-15(27)9(3-5-14(25)26)20-13(24)8-18/h9-11H,2-8,18H2,1H3,(H2,19,23)(H,20,24)(H,21,27)(H,22,28)(H,25,26)(H,29,30). The first-order valence-electron chi connectivity index (χ1n) is 9.33. The monoisotopic (exact) mass is 463 g/mol. The van der Waals surface area contributed by atoms with Gasteiger partial charge < -0.3 is 37.6 Å². The smallest absolute Gasteiger partial charge is 0.326 e. The molecule has 0 aliphatic carbocycles. The van der Waals surface area contributed by atoms with E-state index in [1.165, 1.54) is 11.8 Å². The fraction of sp³-hybridized carbons (Fsp3) is 0.647. The Labute approximate surface area is 183 Å². The second-order valence-electron chi connectivity index (χ2n) is 6.50. The number of aliphatic carboxylic acids is 2. The molecule has 0 bridgehead atoms. The zero-order chi connectivity index (χ0) is 24.0. The number of thioether (sulfide) groups is 1. The Morgan fingerprint density at radius 2 is 1.35 bits per heavy atom. The molecule has 0 heterocycles. The Kier molecular flexibility index (Phi) is 13.6. The minimum atomic E-state index is -1.39. The van der Waals surface area contributed by atoms with Gasteiger partial charge in [-0.25, -0.2) is 4.79 Å². The third kappa shape index (κ3) is 12.4. The van der Waals surface area contributed by atoms with Crippen LogP contribution in [0.5, 0.6) is 0 Å². The van der Waals surface area contributed by atoms with Crippen LogP contribution in [0.4, 0.5) is 0 Å². The van der Waals surface area contributed by atoms with Crippen LogP contribution in [0.3, 0.4) is 0 Å². The number of hydrogen-bond acceptors (Lipinski definition) is 8. The molecule has 0 aromatic carbocycles. The number of nitrogens with two attached hydrogens (primary N) is 2. The summed E-state index contributed by atoms with van der Waals surface area (Å²) in [6, 6.07) is -3.80. The molecule has 13 nitrogen and oxygen atoms in total. The zero-order valence-corrected chi connectivity index (χ0v) is 17.9. The first-order chi connectivity index (χ1) is 14.5. The maximum atomic E-state index is 12.6. The van der Waals surface area contributed by atoms with Gasteiger partial charge in [-0.05, 0) is 31.3 Å². The van der Waals surface area contributed by atoms with Gasteiger partial charge in [0, 0.05) is 12.8 Å². The highest BCUT2D eigenvalue weighted by Crippen LogP contribution is 2.06. The summed E-state index contributed by atoms with van der Waals surface area (Å²) in [5.74, 6) is -5.16. The fourth-order valence-electron chi connectivity index (χ4n) is 2.38. The van der Waals surface area contributed by atoms with Gasteiger partial charge in [-0.2, -0.15) is 11.8 Å². The quantitative estimate of drug-likeness (QED) is 0.126. The molecule has 0 aromatic heterocycles. The lowest BCUT2D eigenvalue weighted by molar-refractivity contribution is -0.142. The molecule has 14 heteroatoms. The average Bonchev–Trinajstić information content (AvgIpc) is 2.69. The summed E-state index contributed by atoms with van der Waals surface area (Å²) in [5.41, 5.74) is 10.2. The lowest BCUT2D eigenvalue weighted by atomic mass is 10.1. The molecular formula is C17H29N5O8S. The summed E-state index contributed by atoms with van der Waals surface area (Å²) in [6.45, 7) is -0.423. The van der Waals surface area contributed by atoms with Gasteiger partial charge in [0.05, 0.1) is 6.54 Å². The molecule has 0 radical (unpaired) electrons. The van der Waals surface area contributed by atoms with Crippen molar-refractivity contribution in [2.24, 2.45) is 11.5 Å². The highest BCUT2D eigenvalue weighted by atomic mass is 32.2. The van der Waals surface area contributed by atoms with Crippen molar-refractivity contribution >= 4 is 47.3 Å². The van der Waals surface area contributed by atoms with E-state index in [-0.39, 0.29) is 25.7 Å². The predicted octanol–water partition coefficient (Wildman–Crippen LogP) is -2.63. The van der Waals surface area contributed by atoms with Gasteiger partial charge in [0.1, 0.15) is 18.1 Å². The Morgan fingerprint density at radius 3 is 1.81 bits per heavy atom. The van der Waals surface area contributed by atoms with E-state index >= 15 is 0 Å². The van der Waals surface area contributed by atoms with Gasteiger partial charge >= 0.3 is 11.9 Å². The summed E-state index contributed by atoms with van der Waals surface area (Å²) < 4.78 is 0. The van der Waals surface area contributed by atoms with E-state index in [4.69, 9.17) is 16.6 Å². The van der Waals surface area contributed by atoms with Gasteiger partial charge in [0.15, 0.2) is 0 Å². The largest absolute Gasteiger partial charge is 0.481 e. The van der Waals surface area contributed by atoms with Gasteiger partial charge in [-0.3, -0.25) is 24.0 Å². The summed E-state index contributed by atoms with van der Waals surface area (Å²) in [6.07, 6.45) is 0.756. The van der Waals surface area contributed by atoms with Crippen LogP contribution >= 0.6 is 11.8 Å². The van der Waals surface area contributed by atoms with Crippen LogP contribution in [0, 0.1) is 0 Å². The number of carboxylic acids is 2. The first kappa shape index (κ1) is 28.1. The molecule has 0 spiro atoms. The van der Waals surface area contributed by atoms with Crippen LogP contribution in [-0.4, -0.2) is 82.5 Å². The zero-order valence-electron chi connectivity index (χ0n) is 17.1. The van der Waals surface area contributed by atoms with Crippen molar-refractivity contribution in [3.63, 3.8) is 0 Å². The second kappa shape index (κ2) is 15.0. The van der Waals surface area contributed by atoms with E-state index in [1.807, 2.05) is 0 Å². The lowest BCUT2D eigenvalue weighted by Gasteiger charge is -2.24. The molecule has 0 aliphatic heterocycles. The Bertz CT molecular complexity index is 675. The van der Waals surface area contributed by atoms with Crippen LogP contribution in [0.15, 0.2) is 0 Å². The molecule has 4 amide bonds. The number of hydrogen-bond donors (Lipinski definition) is 7. The van der Waals surface area contributed by atoms with Crippen LogP contribution in [0.1, 0.15) is 32.1 Å². The van der Waals surface area contributed by atoms with Crippen molar-refractivity contribution < 1.29 is 39.0 Å². The molecule has 0 rings (SSSR count). The van der Waals surface area contributed by atoms with E-state index in [2.05, 4.69) is 16.0 Å². The van der Waals surface area contributed by atoms with Gasteiger partial charge in [-0.1, -0.05) is 0 Å². The van der Waals surface area contributed by atoms with Crippen molar-refractivity contribution in [3.8, 4) is 0 Å². The Morgan fingerprint density at radius 1 is 0.839 bits per heavy atom.